The van der Waals surface area contributed by atoms with Crippen LogP contribution in [0.5, 0.6) is 0 Å². The fraction of sp³-hybridized carbons (Fsp3) is 0.333. The maximum absolute atomic E-state index is 12.3. The molecule has 1 amide bonds. The van der Waals surface area contributed by atoms with Gasteiger partial charge in [0.05, 0.1) is 4.90 Å². The van der Waals surface area contributed by atoms with Gasteiger partial charge >= 0.3 is 0 Å². The lowest BCUT2D eigenvalue weighted by Gasteiger charge is -2.25. The van der Waals surface area contributed by atoms with Crippen molar-refractivity contribution in [2.45, 2.75) is 37.5 Å². The molecule has 0 heterocycles. The van der Waals surface area contributed by atoms with E-state index < -0.39 is 10.0 Å². The highest BCUT2D eigenvalue weighted by Crippen LogP contribution is 2.21. The lowest BCUT2D eigenvalue weighted by atomic mass is 9.84. The molecule has 0 saturated heterocycles. The Balaban J connectivity index is 1.86. The maximum Gasteiger partial charge on any atom is 0.240 e. The van der Waals surface area contributed by atoms with E-state index in [2.05, 4.69) is 10.0 Å². The first kappa shape index (κ1) is 21.8. The van der Waals surface area contributed by atoms with E-state index in [4.69, 9.17) is 0 Å². The molecule has 2 aromatic rings. The van der Waals surface area contributed by atoms with Gasteiger partial charge in [-0.05, 0) is 24.6 Å². The number of amides is 1. The standard InChI is InChI=1S/C21H26N2O4S/c1-16(24)17-8-7-11-19(14-17)28(26,27)23-13-12-20(25)22-15-21(2,3)18-9-5-4-6-10-18/h4-11,14,23H,12-13,15H2,1-3H3,(H,22,25). The number of nitrogens with one attached hydrogen (secondary N) is 2. The van der Waals surface area contributed by atoms with Gasteiger partial charge in [-0.3, -0.25) is 9.59 Å². The molecule has 0 atom stereocenters. The molecule has 6 nitrogen and oxygen atoms in total. The second-order valence-corrected chi connectivity index (χ2v) is 9.03. The van der Waals surface area contributed by atoms with E-state index in [-0.39, 0.29) is 35.0 Å². The number of hydrogen-bond donors (Lipinski definition) is 2. The first-order chi connectivity index (χ1) is 13.1. The van der Waals surface area contributed by atoms with Gasteiger partial charge in [-0.2, -0.15) is 0 Å². The Morgan fingerprint density at radius 2 is 1.68 bits per heavy atom. The summed E-state index contributed by atoms with van der Waals surface area (Å²) in [4.78, 5) is 23.5. The highest BCUT2D eigenvalue weighted by molar-refractivity contribution is 7.89. The van der Waals surface area contributed by atoms with Gasteiger partial charge < -0.3 is 5.32 Å². The van der Waals surface area contributed by atoms with E-state index >= 15 is 0 Å². The third kappa shape index (κ3) is 6.00. The normalized spacial score (nSPS) is 11.8. The van der Waals surface area contributed by atoms with Crippen LogP contribution in [0.4, 0.5) is 0 Å². The maximum atomic E-state index is 12.3. The fourth-order valence-electron chi connectivity index (χ4n) is 2.66. The summed E-state index contributed by atoms with van der Waals surface area (Å²) in [6, 6.07) is 15.7. The number of sulfonamides is 1. The summed E-state index contributed by atoms with van der Waals surface area (Å²) >= 11 is 0. The first-order valence-electron chi connectivity index (χ1n) is 9.05. The average Bonchev–Trinajstić information content (AvgIpc) is 2.67. The number of benzene rings is 2. The number of rotatable bonds is 9. The van der Waals surface area contributed by atoms with Crippen LogP contribution in [0, 0.1) is 0 Å². The molecule has 0 bridgehead atoms. The summed E-state index contributed by atoms with van der Waals surface area (Å²) in [5.41, 5.74) is 1.20. The van der Waals surface area contributed by atoms with Crippen molar-refractivity contribution in [3.63, 3.8) is 0 Å². The summed E-state index contributed by atoms with van der Waals surface area (Å²) in [6.45, 7) is 5.87. The quantitative estimate of drug-likeness (QED) is 0.631. The van der Waals surface area contributed by atoms with E-state index in [1.165, 1.54) is 25.1 Å². The van der Waals surface area contributed by atoms with Crippen LogP contribution in [0.1, 0.15) is 43.1 Å². The van der Waals surface area contributed by atoms with Crippen molar-refractivity contribution >= 4 is 21.7 Å². The molecule has 2 N–H and O–H groups in total. The molecule has 2 rings (SSSR count). The largest absolute Gasteiger partial charge is 0.355 e. The molecule has 150 valence electrons. The molecule has 7 heteroatoms. The van der Waals surface area contributed by atoms with E-state index in [1.54, 1.807) is 6.07 Å². The minimum atomic E-state index is -3.78. The Labute approximate surface area is 166 Å². The van der Waals surface area contributed by atoms with Gasteiger partial charge in [0, 0.05) is 30.5 Å². The lowest BCUT2D eigenvalue weighted by Crippen LogP contribution is -2.38. The van der Waals surface area contributed by atoms with Crippen LogP contribution < -0.4 is 10.0 Å². The predicted octanol–water partition coefficient (Wildman–Crippen LogP) is 2.65. The third-order valence-electron chi connectivity index (χ3n) is 4.48. The van der Waals surface area contributed by atoms with Crippen molar-refractivity contribution in [3.8, 4) is 0 Å². The predicted molar refractivity (Wildman–Crippen MR) is 109 cm³/mol. The molecule has 0 aliphatic rings. The van der Waals surface area contributed by atoms with Gasteiger partial charge in [-0.1, -0.05) is 56.3 Å². The molecule has 0 unspecified atom stereocenters. The van der Waals surface area contributed by atoms with E-state index in [0.717, 1.165) is 5.56 Å². The Bertz CT molecular complexity index is 938. The summed E-state index contributed by atoms with van der Waals surface area (Å²) in [6.07, 6.45) is 0.0243. The second kappa shape index (κ2) is 9.12. The molecule has 0 aromatic heterocycles. The van der Waals surface area contributed by atoms with Crippen molar-refractivity contribution in [2.24, 2.45) is 0 Å². The summed E-state index contributed by atoms with van der Waals surface area (Å²) < 4.78 is 27.1. The van der Waals surface area contributed by atoms with Gasteiger partial charge in [0.25, 0.3) is 0 Å². The molecule has 28 heavy (non-hydrogen) atoms. The zero-order chi connectivity index (χ0) is 20.8. The Morgan fingerprint density at radius 3 is 2.32 bits per heavy atom. The Hall–Kier alpha value is -2.51. The van der Waals surface area contributed by atoms with Gasteiger partial charge in [-0.25, -0.2) is 13.1 Å². The monoisotopic (exact) mass is 402 g/mol. The molecule has 2 aromatic carbocycles. The molecular formula is C21H26N2O4S. The Morgan fingerprint density at radius 1 is 1.00 bits per heavy atom. The van der Waals surface area contributed by atoms with Crippen molar-refractivity contribution in [1.82, 2.24) is 10.0 Å². The fourth-order valence-corrected chi connectivity index (χ4v) is 3.74. The SMILES string of the molecule is CC(=O)c1cccc(S(=O)(=O)NCCC(=O)NCC(C)(C)c2ccccc2)c1. The minimum absolute atomic E-state index is 0.00539. The number of hydrogen-bond acceptors (Lipinski definition) is 4. The van der Waals surface area contributed by atoms with Crippen LogP contribution in [-0.4, -0.2) is 33.2 Å². The second-order valence-electron chi connectivity index (χ2n) is 7.26. The molecule has 0 aliphatic carbocycles. The van der Waals surface area contributed by atoms with E-state index in [9.17, 15) is 18.0 Å². The zero-order valence-corrected chi connectivity index (χ0v) is 17.2. The number of carbonyl (C=O) groups is 2. The smallest absolute Gasteiger partial charge is 0.240 e. The van der Waals surface area contributed by atoms with Crippen molar-refractivity contribution < 1.29 is 18.0 Å². The number of ketones is 1. The summed E-state index contributed by atoms with van der Waals surface area (Å²) in [7, 11) is -3.78. The van der Waals surface area contributed by atoms with Crippen molar-refractivity contribution in [3.05, 3.63) is 65.7 Å². The van der Waals surface area contributed by atoms with Crippen LogP contribution in [0.15, 0.2) is 59.5 Å². The van der Waals surface area contributed by atoms with Gasteiger partial charge in [-0.15, -0.1) is 0 Å². The summed E-state index contributed by atoms with van der Waals surface area (Å²) in [5, 5.41) is 2.85. The zero-order valence-electron chi connectivity index (χ0n) is 16.4. The Kier molecular flexibility index (Phi) is 7.10. The highest BCUT2D eigenvalue weighted by atomic mass is 32.2. The summed E-state index contributed by atoms with van der Waals surface area (Å²) in [5.74, 6) is -0.443. The molecular weight excluding hydrogens is 376 g/mol. The lowest BCUT2D eigenvalue weighted by molar-refractivity contribution is -0.121. The van der Waals surface area contributed by atoms with E-state index in [0.29, 0.717) is 12.1 Å². The third-order valence-corrected chi connectivity index (χ3v) is 5.94. The molecule has 0 spiro atoms. The van der Waals surface area contributed by atoms with Gasteiger partial charge in [0.1, 0.15) is 0 Å². The van der Waals surface area contributed by atoms with Crippen molar-refractivity contribution in [2.75, 3.05) is 13.1 Å². The van der Waals surface area contributed by atoms with Crippen LogP contribution in [0.2, 0.25) is 0 Å². The van der Waals surface area contributed by atoms with Gasteiger partial charge in [0.15, 0.2) is 5.78 Å². The number of carbonyl (C=O) groups excluding carboxylic acids is 2. The topological polar surface area (TPSA) is 92.3 Å². The van der Waals surface area contributed by atoms with Crippen LogP contribution >= 0.6 is 0 Å². The highest BCUT2D eigenvalue weighted by Gasteiger charge is 2.21. The molecule has 0 saturated carbocycles. The molecule has 0 aliphatic heterocycles. The van der Waals surface area contributed by atoms with Crippen LogP contribution in [-0.2, 0) is 20.2 Å². The molecule has 0 fully saturated rings. The average molecular weight is 403 g/mol. The molecule has 0 radical (unpaired) electrons. The minimum Gasteiger partial charge on any atom is -0.355 e. The van der Waals surface area contributed by atoms with E-state index in [1.807, 2.05) is 44.2 Å². The van der Waals surface area contributed by atoms with Crippen molar-refractivity contribution in [1.29, 1.82) is 0 Å². The van der Waals surface area contributed by atoms with Crippen LogP contribution in [0.25, 0.3) is 0 Å². The van der Waals surface area contributed by atoms with Gasteiger partial charge in [0.2, 0.25) is 15.9 Å². The first-order valence-corrected chi connectivity index (χ1v) is 10.5. The number of Topliss-reactive ketones (excluding diaryl/α,β-unsaturated/α-hetero) is 1. The van der Waals surface area contributed by atoms with Crippen LogP contribution in [0.3, 0.4) is 0 Å².